The number of esters is 1. The molecule has 0 aliphatic rings. The molecule has 0 heterocycles. The van der Waals surface area contributed by atoms with E-state index in [0.717, 1.165) is 0 Å². The predicted molar refractivity (Wildman–Crippen MR) is 54.8 cm³/mol. The Bertz CT molecular complexity index is 345. The molecule has 0 atom stereocenters. The maximum absolute atomic E-state index is 13.1. The highest BCUT2D eigenvalue weighted by Gasteiger charge is 2.09. The van der Waals surface area contributed by atoms with E-state index >= 15 is 0 Å². The number of carbonyl (C=O) groups excluding carboxylic acids is 1. The van der Waals surface area contributed by atoms with Crippen molar-refractivity contribution in [1.82, 2.24) is 0 Å². The lowest BCUT2D eigenvalue weighted by atomic mass is 10.1. The van der Waals surface area contributed by atoms with Crippen molar-refractivity contribution in [2.45, 2.75) is 6.42 Å². The molecule has 76 valence electrons. The molecule has 0 radical (unpaired) electrons. The summed E-state index contributed by atoms with van der Waals surface area (Å²) in [5, 5.41) is 0.0126. The minimum atomic E-state index is -0.556. The number of carbonyl (C=O) groups is 1. The molecule has 2 nitrogen and oxygen atoms in total. The molecule has 1 rings (SSSR count). The zero-order valence-electron chi connectivity index (χ0n) is 7.31. The van der Waals surface area contributed by atoms with Crippen LogP contribution in [0.3, 0.4) is 0 Å². The zero-order chi connectivity index (χ0) is 10.7. The minimum Gasteiger partial charge on any atom is -0.469 e. The van der Waals surface area contributed by atoms with Crippen LogP contribution in [0.1, 0.15) is 5.56 Å². The summed E-state index contributed by atoms with van der Waals surface area (Å²) in [7, 11) is 1.28. The third kappa shape index (κ3) is 2.69. The van der Waals surface area contributed by atoms with E-state index in [0.29, 0.717) is 10.0 Å². The van der Waals surface area contributed by atoms with Gasteiger partial charge in [-0.25, -0.2) is 4.39 Å². The number of hydrogen-bond acceptors (Lipinski definition) is 2. The van der Waals surface area contributed by atoms with Gasteiger partial charge in [0.15, 0.2) is 0 Å². The number of methoxy groups -OCH3 is 1. The summed E-state index contributed by atoms with van der Waals surface area (Å²) in [5.41, 5.74) is 0.519. The summed E-state index contributed by atoms with van der Waals surface area (Å²) in [6, 6.07) is 2.80. The van der Waals surface area contributed by atoms with Gasteiger partial charge in [0.1, 0.15) is 5.82 Å². The van der Waals surface area contributed by atoms with Crippen molar-refractivity contribution in [3.63, 3.8) is 0 Å². The summed E-state index contributed by atoms with van der Waals surface area (Å²) < 4.78 is 18.0. The van der Waals surface area contributed by atoms with Crippen LogP contribution in [0.4, 0.5) is 4.39 Å². The standard InChI is InChI=1S/C9H7BrClFO2/c1-14-8(13)4-5-2-6(10)9(11)7(12)3-5/h2-3H,4H2,1H3. The fraction of sp³-hybridized carbons (Fsp3) is 0.222. The Morgan fingerprint density at radius 2 is 2.29 bits per heavy atom. The Balaban J connectivity index is 2.95. The quantitative estimate of drug-likeness (QED) is 0.615. The first-order valence-corrected chi connectivity index (χ1v) is 4.92. The Hall–Kier alpha value is -0.610. The van der Waals surface area contributed by atoms with Crippen molar-refractivity contribution in [3.05, 3.63) is 33.0 Å². The molecule has 5 heteroatoms. The van der Waals surface area contributed by atoms with E-state index in [-0.39, 0.29) is 11.4 Å². The van der Waals surface area contributed by atoms with Gasteiger partial charge in [0.05, 0.1) is 18.6 Å². The van der Waals surface area contributed by atoms with Gasteiger partial charge in [-0.2, -0.15) is 0 Å². The van der Waals surface area contributed by atoms with Gasteiger partial charge < -0.3 is 4.74 Å². The molecule has 0 N–H and O–H groups in total. The minimum absolute atomic E-state index is 0.0126. The number of hydrogen-bond donors (Lipinski definition) is 0. The third-order valence-corrected chi connectivity index (χ3v) is 2.86. The van der Waals surface area contributed by atoms with Crippen LogP contribution in [-0.2, 0) is 16.0 Å². The normalized spacial score (nSPS) is 10.0. The van der Waals surface area contributed by atoms with Crippen LogP contribution in [0.25, 0.3) is 0 Å². The van der Waals surface area contributed by atoms with Crippen LogP contribution in [-0.4, -0.2) is 13.1 Å². The largest absolute Gasteiger partial charge is 0.469 e. The first kappa shape index (κ1) is 11.5. The second-order valence-electron chi connectivity index (χ2n) is 2.63. The molecule has 0 aliphatic carbocycles. The monoisotopic (exact) mass is 280 g/mol. The van der Waals surface area contributed by atoms with Gasteiger partial charge in [-0.15, -0.1) is 0 Å². The summed E-state index contributed by atoms with van der Waals surface area (Å²) in [6.45, 7) is 0. The molecule has 0 amide bonds. The van der Waals surface area contributed by atoms with E-state index in [1.54, 1.807) is 6.07 Å². The molecule has 0 unspecified atom stereocenters. The van der Waals surface area contributed by atoms with Gasteiger partial charge in [-0.05, 0) is 33.6 Å². The van der Waals surface area contributed by atoms with Crippen molar-refractivity contribution >= 4 is 33.5 Å². The molecule has 0 spiro atoms. The highest BCUT2D eigenvalue weighted by Crippen LogP contribution is 2.27. The third-order valence-electron chi connectivity index (χ3n) is 1.62. The van der Waals surface area contributed by atoms with E-state index < -0.39 is 11.8 Å². The first-order valence-electron chi connectivity index (χ1n) is 3.75. The van der Waals surface area contributed by atoms with Crippen LogP contribution in [0, 0.1) is 5.82 Å². The van der Waals surface area contributed by atoms with Crippen LogP contribution in [0.2, 0.25) is 5.02 Å². The molecule has 0 saturated carbocycles. The fourth-order valence-corrected chi connectivity index (χ4v) is 1.54. The number of ether oxygens (including phenoxy) is 1. The van der Waals surface area contributed by atoms with E-state index in [2.05, 4.69) is 20.7 Å². The van der Waals surface area contributed by atoms with E-state index in [9.17, 15) is 9.18 Å². The van der Waals surface area contributed by atoms with Gasteiger partial charge in [0.25, 0.3) is 0 Å². The van der Waals surface area contributed by atoms with Crippen LogP contribution >= 0.6 is 27.5 Å². The Morgan fingerprint density at radius 3 is 2.79 bits per heavy atom. The van der Waals surface area contributed by atoms with E-state index in [1.165, 1.54) is 13.2 Å². The van der Waals surface area contributed by atoms with Crippen LogP contribution in [0.15, 0.2) is 16.6 Å². The molecule has 1 aromatic rings. The van der Waals surface area contributed by atoms with Crippen molar-refractivity contribution < 1.29 is 13.9 Å². The van der Waals surface area contributed by atoms with Gasteiger partial charge in [-0.1, -0.05) is 11.6 Å². The lowest BCUT2D eigenvalue weighted by molar-refractivity contribution is -0.139. The van der Waals surface area contributed by atoms with Crippen LogP contribution in [0.5, 0.6) is 0 Å². The van der Waals surface area contributed by atoms with Crippen molar-refractivity contribution in [3.8, 4) is 0 Å². The van der Waals surface area contributed by atoms with Gasteiger partial charge in [0, 0.05) is 4.47 Å². The summed E-state index contributed by atoms with van der Waals surface area (Å²) in [5.74, 6) is -0.974. The zero-order valence-corrected chi connectivity index (χ0v) is 9.65. The lowest BCUT2D eigenvalue weighted by Gasteiger charge is -2.03. The molecule has 0 fully saturated rings. The van der Waals surface area contributed by atoms with Crippen LogP contribution < -0.4 is 0 Å². The first-order chi connectivity index (χ1) is 6.54. The summed E-state index contributed by atoms with van der Waals surface area (Å²) >= 11 is 8.67. The topological polar surface area (TPSA) is 26.3 Å². The van der Waals surface area contributed by atoms with Crippen molar-refractivity contribution in [1.29, 1.82) is 0 Å². The van der Waals surface area contributed by atoms with Gasteiger partial charge in [-0.3, -0.25) is 4.79 Å². The highest BCUT2D eigenvalue weighted by atomic mass is 79.9. The molecule has 0 aromatic heterocycles. The molecule has 14 heavy (non-hydrogen) atoms. The lowest BCUT2D eigenvalue weighted by Crippen LogP contribution is -2.04. The maximum Gasteiger partial charge on any atom is 0.309 e. The van der Waals surface area contributed by atoms with Crippen molar-refractivity contribution in [2.75, 3.05) is 7.11 Å². The molecule has 0 bridgehead atoms. The molecule has 0 aliphatic heterocycles. The smallest absolute Gasteiger partial charge is 0.309 e. The molecular weight excluding hydrogens is 274 g/mol. The maximum atomic E-state index is 13.1. The number of halogens is 3. The summed E-state index contributed by atoms with van der Waals surface area (Å²) in [6.07, 6.45) is 0.0309. The molecule has 1 aromatic carbocycles. The second-order valence-corrected chi connectivity index (χ2v) is 3.86. The summed E-state index contributed by atoms with van der Waals surface area (Å²) in [4.78, 5) is 10.9. The van der Waals surface area contributed by atoms with Gasteiger partial charge in [0.2, 0.25) is 0 Å². The highest BCUT2D eigenvalue weighted by molar-refractivity contribution is 9.10. The average Bonchev–Trinajstić information content (AvgIpc) is 2.14. The molecular formula is C9H7BrClFO2. The average molecular weight is 282 g/mol. The Kier molecular flexibility index (Phi) is 3.89. The van der Waals surface area contributed by atoms with Gasteiger partial charge >= 0.3 is 5.97 Å². The fourth-order valence-electron chi connectivity index (χ4n) is 0.949. The SMILES string of the molecule is COC(=O)Cc1cc(F)c(Cl)c(Br)c1. The second kappa shape index (κ2) is 4.75. The number of benzene rings is 1. The van der Waals surface area contributed by atoms with E-state index in [4.69, 9.17) is 11.6 Å². The molecule has 0 saturated heterocycles. The number of rotatable bonds is 2. The predicted octanol–water partition coefficient (Wildman–Crippen LogP) is 2.96. The Labute approximate surface area is 94.1 Å². The van der Waals surface area contributed by atoms with E-state index in [1.807, 2.05) is 0 Å². The Morgan fingerprint density at radius 1 is 1.64 bits per heavy atom. The van der Waals surface area contributed by atoms with Crippen molar-refractivity contribution in [2.24, 2.45) is 0 Å².